The number of benzene rings is 4. The van der Waals surface area contributed by atoms with Gasteiger partial charge in [-0.1, -0.05) is 87.5 Å². The number of anilines is 1. The number of piperazine rings is 1. The molecule has 7 nitrogen and oxygen atoms in total. The number of hydrogen-bond donors (Lipinski definition) is 1. The molecule has 1 amide bonds. The molecule has 0 saturated carbocycles. The Morgan fingerprint density at radius 1 is 0.841 bits per heavy atom. The molecule has 1 heterocycles. The van der Waals surface area contributed by atoms with Gasteiger partial charge < -0.3 is 10.1 Å². The number of nitrogens with zero attached hydrogens (tertiary/aromatic N) is 2. The number of hydrogen-bond acceptors (Lipinski definition) is 5. The molecule has 44 heavy (non-hydrogen) atoms. The summed E-state index contributed by atoms with van der Waals surface area (Å²) in [7, 11) is -3.69. The van der Waals surface area contributed by atoms with Gasteiger partial charge in [0.2, 0.25) is 10.0 Å². The first-order valence-corrected chi connectivity index (χ1v) is 16.9. The molecule has 0 aliphatic carbocycles. The minimum Gasteiger partial charge on any atom is -0.483 e. The van der Waals surface area contributed by atoms with Crippen molar-refractivity contribution >= 4 is 37.5 Å². The fraction of sp³-hybridized carbons (Fsp3) is 0.286. The molecule has 0 aromatic heterocycles. The number of carbonyl (C=O) groups is 1. The molecule has 5 rings (SSSR count). The highest BCUT2D eigenvalue weighted by Gasteiger charge is 2.32. The van der Waals surface area contributed by atoms with E-state index >= 15 is 0 Å². The summed E-state index contributed by atoms with van der Waals surface area (Å²) in [5, 5.41) is 2.78. The largest absolute Gasteiger partial charge is 0.483 e. The van der Waals surface area contributed by atoms with Gasteiger partial charge in [-0.05, 0) is 74.4 Å². The Bertz CT molecular complexity index is 1630. The highest BCUT2D eigenvalue weighted by Crippen LogP contribution is 2.32. The van der Waals surface area contributed by atoms with Crippen molar-refractivity contribution in [2.24, 2.45) is 0 Å². The lowest BCUT2D eigenvalue weighted by molar-refractivity contribution is -0.118. The molecule has 0 spiro atoms. The van der Waals surface area contributed by atoms with Crippen LogP contribution in [-0.2, 0) is 20.2 Å². The van der Waals surface area contributed by atoms with Gasteiger partial charge in [-0.2, -0.15) is 4.31 Å². The van der Waals surface area contributed by atoms with Crippen LogP contribution in [0.4, 0.5) is 5.69 Å². The van der Waals surface area contributed by atoms with Crippen molar-refractivity contribution in [2.45, 2.75) is 37.1 Å². The van der Waals surface area contributed by atoms with Gasteiger partial charge in [0.05, 0.1) is 15.4 Å². The molecule has 9 heteroatoms. The number of carbonyl (C=O) groups excluding carboxylic acids is 1. The zero-order valence-corrected chi connectivity index (χ0v) is 27.6. The molecule has 0 radical (unpaired) electrons. The van der Waals surface area contributed by atoms with E-state index in [0.29, 0.717) is 37.6 Å². The molecule has 0 atom stereocenters. The third-order valence-corrected chi connectivity index (χ3v) is 10.3. The number of nitrogens with one attached hydrogen (secondary N) is 1. The van der Waals surface area contributed by atoms with Crippen LogP contribution < -0.4 is 10.1 Å². The molecule has 4 aromatic carbocycles. The number of ether oxygens (including phenoxy) is 1. The van der Waals surface area contributed by atoms with Crippen LogP contribution in [0.15, 0.2) is 112 Å². The molecule has 1 N–H and O–H groups in total. The Hall–Kier alpha value is -3.50. The Labute approximate surface area is 269 Å². The first kappa shape index (κ1) is 31.9. The van der Waals surface area contributed by atoms with Gasteiger partial charge in [0, 0.05) is 31.9 Å². The smallest absolute Gasteiger partial charge is 0.262 e. The van der Waals surface area contributed by atoms with Crippen LogP contribution in [0.3, 0.4) is 0 Å². The summed E-state index contributed by atoms with van der Waals surface area (Å²) in [6.45, 7) is 8.22. The second-order valence-corrected chi connectivity index (χ2v) is 14.7. The Morgan fingerprint density at radius 3 is 1.93 bits per heavy atom. The monoisotopic (exact) mass is 675 g/mol. The fourth-order valence-electron chi connectivity index (χ4n) is 5.37. The molecule has 1 aliphatic heterocycles. The number of halogens is 1. The molecule has 1 aliphatic rings. The summed E-state index contributed by atoms with van der Waals surface area (Å²) in [5.74, 6) is 0.239. The van der Waals surface area contributed by atoms with Gasteiger partial charge in [-0.25, -0.2) is 8.42 Å². The standard InChI is InChI=1S/C35H38BrN3O4S/c1-35(2,3)28-14-19-32(31(36)24-28)43-25-33(40)37-29-15-17-30(18-16-29)44(41,42)39-22-20-38(21-23-39)34(26-10-6-4-7-11-26)27-12-8-5-9-13-27/h4-19,24,34H,20-23,25H2,1-3H3,(H,37,40). The molecule has 4 aromatic rings. The minimum absolute atomic E-state index is 0.000213. The summed E-state index contributed by atoms with van der Waals surface area (Å²) in [5.41, 5.74) is 4.02. The maximum Gasteiger partial charge on any atom is 0.262 e. The zero-order chi connectivity index (χ0) is 31.3. The second kappa shape index (κ2) is 13.6. The van der Waals surface area contributed by atoms with E-state index in [-0.39, 0.29) is 28.9 Å². The highest BCUT2D eigenvalue weighted by atomic mass is 79.9. The van der Waals surface area contributed by atoms with Gasteiger partial charge in [0.15, 0.2) is 6.61 Å². The van der Waals surface area contributed by atoms with E-state index < -0.39 is 10.0 Å². The van der Waals surface area contributed by atoms with Crippen molar-refractivity contribution in [3.05, 3.63) is 124 Å². The second-order valence-electron chi connectivity index (χ2n) is 11.9. The highest BCUT2D eigenvalue weighted by molar-refractivity contribution is 9.10. The third kappa shape index (κ3) is 7.58. The number of sulfonamides is 1. The summed E-state index contributed by atoms with van der Waals surface area (Å²) in [6.07, 6.45) is 0. The van der Waals surface area contributed by atoms with Crippen molar-refractivity contribution in [1.82, 2.24) is 9.21 Å². The van der Waals surface area contributed by atoms with Crippen LogP contribution in [0.2, 0.25) is 0 Å². The lowest BCUT2D eigenvalue weighted by Gasteiger charge is -2.39. The molecular formula is C35H38BrN3O4S. The van der Waals surface area contributed by atoms with E-state index in [9.17, 15) is 13.2 Å². The molecule has 0 unspecified atom stereocenters. The molecule has 0 bridgehead atoms. The molecule has 1 fully saturated rings. The normalized spacial score (nSPS) is 14.8. The van der Waals surface area contributed by atoms with E-state index in [1.54, 1.807) is 16.4 Å². The van der Waals surface area contributed by atoms with Crippen molar-refractivity contribution in [3.63, 3.8) is 0 Å². The predicted octanol–water partition coefficient (Wildman–Crippen LogP) is 6.86. The third-order valence-electron chi connectivity index (χ3n) is 7.80. The lowest BCUT2D eigenvalue weighted by Crippen LogP contribution is -2.49. The fourth-order valence-corrected chi connectivity index (χ4v) is 7.29. The van der Waals surface area contributed by atoms with E-state index in [1.165, 1.54) is 23.3 Å². The van der Waals surface area contributed by atoms with Crippen LogP contribution in [0, 0.1) is 0 Å². The van der Waals surface area contributed by atoms with Crippen molar-refractivity contribution in [2.75, 3.05) is 38.1 Å². The predicted molar refractivity (Wildman–Crippen MR) is 178 cm³/mol. The quantitative estimate of drug-likeness (QED) is 0.210. The van der Waals surface area contributed by atoms with Gasteiger partial charge in [-0.15, -0.1) is 0 Å². The SMILES string of the molecule is CC(C)(C)c1ccc(OCC(=O)Nc2ccc(S(=O)(=O)N3CCN(C(c4ccccc4)c4ccccc4)CC3)cc2)c(Br)c1. The van der Waals surface area contributed by atoms with Crippen LogP contribution in [0.25, 0.3) is 0 Å². The van der Waals surface area contributed by atoms with E-state index in [2.05, 4.69) is 71.2 Å². The van der Waals surface area contributed by atoms with Gasteiger partial charge in [0.25, 0.3) is 5.91 Å². The maximum absolute atomic E-state index is 13.5. The molecule has 230 valence electrons. The van der Waals surface area contributed by atoms with Crippen LogP contribution >= 0.6 is 15.9 Å². The first-order chi connectivity index (χ1) is 21.0. The summed E-state index contributed by atoms with van der Waals surface area (Å²) in [6, 6.07) is 32.8. The maximum atomic E-state index is 13.5. The van der Waals surface area contributed by atoms with Gasteiger partial charge in [-0.3, -0.25) is 9.69 Å². The van der Waals surface area contributed by atoms with Crippen LogP contribution in [-0.4, -0.2) is 56.3 Å². The average Bonchev–Trinajstić information content (AvgIpc) is 3.02. The molecular weight excluding hydrogens is 638 g/mol. The zero-order valence-electron chi connectivity index (χ0n) is 25.2. The van der Waals surface area contributed by atoms with Crippen LogP contribution in [0.1, 0.15) is 43.5 Å². The van der Waals surface area contributed by atoms with E-state index in [4.69, 9.17) is 4.74 Å². The Kier molecular flexibility index (Phi) is 9.90. The topological polar surface area (TPSA) is 78.9 Å². The minimum atomic E-state index is -3.69. The van der Waals surface area contributed by atoms with Crippen molar-refractivity contribution in [1.29, 1.82) is 0 Å². The van der Waals surface area contributed by atoms with Gasteiger partial charge >= 0.3 is 0 Å². The lowest BCUT2D eigenvalue weighted by atomic mass is 9.87. The summed E-state index contributed by atoms with van der Waals surface area (Å²) < 4.78 is 35.1. The van der Waals surface area contributed by atoms with Crippen molar-refractivity contribution in [3.8, 4) is 5.75 Å². The number of rotatable bonds is 9. The Morgan fingerprint density at radius 2 is 1.41 bits per heavy atom. The Balaban J connectivity index is 1.18. The number of amides is 1. The summed E-state index contributed by atoms with van der Waals surface area (Å²) >= 11 is 3.53. The first-order valence-electron chi connectivity index (χ1n) is 14.7. The van der Waals surface area contributed by atoms with Crippen molar-refractivity contribution < 1.29 is 17.9 Å². The molecule has 1 saturated heterocycles. The van der Waals surface area contributed by atoms with E-state index in [1.807, 2.05) is 54.6 Å². The van der Waals surface area contributed by atoms with E-state index in [0.717, 1.165) is 10.0 Å². The van der Waals surface area contributed by atoms with Gasteiger partial charge in [0.1, 0.15) is 5.75 Å². The van der Waals surface area contributed by atoms with Crippen LogP contribution in [0.5, 0.6) is 5.75 Å². The summed E-state index contributed by atoms with van der Waals surface area (Å²) in [4.78, 5) is 15.1. The average molecular weight is 677 g/mol.